The van der Waals surface area contributed by atoms with Crippen molar-refractivity contribution in [1.29, 1.82) is 5.53 Å². The molecule has 4 saturated carbocycles. The Kier molecular flexibility index (Phi) is 6.95. The maximum Gasteiger partial charge on any atom is 0.327 e. The van der Waals surface area contributed by atoms with E-state index in [9.17, 15) is 9.90 Å². The van der Waals surface area contributed by atoms with E-state index in [2.05, 4.69) is 31.4 Å². The summed E-state index contributed by atoms with van der Waals surface area (Å²) in [5.41, 5.74) is 9.66. The summed E-state index contributed by atoms with van der Waals surface area (Å²) in [6.07, 6.45) is 10.9. The number of aliphatic hydroxyl groups excluding tert-OH is 1. The van der Waals surface area contributed by atoms with Gasteiger partial charge in [0.05, 0.1) is 0 Å². The summed E-state index contributed by atoms with van der Waals surface area (Å²) in [6.45, 7) is 7.78. The Morgan fingerprint density at radius 2 is 1.97 bits per heavy atom. The van der Waals surface area contributed by atoms with Crippen LogP contribution in [0.15, 0.2) is 5.22 Å². The molecule has 6 heteroatoms. The number of carbonyl (C=O) groups excluding carboxylic acids is 1. The van der Waals surface area contributed by atoms with Gasteiger partial charge in [0.1, 0.15) is 12.6 Å². The molecule has 0 spiro atoms. The summed E-state index contributed by atoms with van der Waals surface area (Å²) in [5, 5.41) is 12.3. The van der Waals surface area contributed by atoms with Crippen LogP contribution in [0.1, 0.15) is 78.6 Å². The van der Waals surface area contributed by atoms with Crippen LogP contribution in [0, 0.1) is 58.3 Å². The topological polar surface area (TPSA) is 94.8 Å². The molecule has 4 aliphatic carbocycles. The van der Waals surface area contributed by atoms with Crippen molar-refractivity contribution >= 4 is 5.97 Å². The molecule has 176 valence electrons. The molecule has 0 bridgehead atoms. The number of carbonyl (C=O) groups is 1. The molecule has 0 aromatic carbocycles. The number of nitrogens with zero attached hydrogens (tertiary/aromatic N) is 1. The third-order valence-electron chi connectivity index (χ3n) is 10.2. The highest BCUT2D eigenvalue weighted by molar-refractivity contribution is 5.71. The molecule has 3 N–H and O–H groups in total. The Hall–Kier alpha value is -1.17. The van der Waals surface area contributed by atoms with Crippen molar-refractivity contribution in [1.82, 2.24) is 5.43 Å². The van der Waals surface area contributed by atoms with Crippen molar-refractivity contribution in [2.24, 2.45) is 58.0 Å². The zero-order valence-corrected chi connectivity index (χ0v) is 19.7. The number of rotatable bonds is 8. The summed E-state index contributed by atoms with van der Waals surface area (Å²) < 4.78 is 5.70. The molecule has 0 aromatic rings. The molecule has 0 aromatic heterocycles. The van der Waals surface area contributed by atoms with Crippen LogP contribution in [0.2, 0.25) is 0 Å². The van der Waals surface area contributed by atoms with Crippen LogP contribution in [-0.4, -0.2) is 30.3 Å². The highest BCUT2D eigenvalue weighted by Gasteiger charge is 2.61. The molecule has 0 radical (unpaired) electrons. The van der Waals surface area contributed by atoms with Crippen LogP contribution in [0.25, 0.3) is 0 Å². The maximum atomic E-state index is 12.0. The number of hydrogen-bond donors (Lipinski definition) is 3. The highest BCUT2D eigenvalue weighted by Crippen LogP contribution is 2.69. The highest BCUT2D eigenvalue weighted by atomic mass is 16.5. The minimum atomic E-state index is -0.287. The molecule has 6 unspecified atom stereocenters. The Balaban J connectivity index is 1.37. The van der Waals surface area contributed by atoms with E-state index >= 15 is 0 Å². The molecular weight excluding hydrogens is 390 g/mol. The zero-order valence-electron chi connectivity index (χ0n) is 19.7. The van der Waals surface area contributed by atoms with Gasteiger partial charge in [-0.3, -0.25) is 10.2 Å². The first-order chi connectivity index (χ1) is 14.9. The van der Waals surface area contributed by atoms with Crippen LogP contribution in [0.5, 0.6) is 0 Å². The van der Waals surface area contributed by atoms with E-state index < -0.39 is 0 Å². The largest absolute Gasteiger partial charge is 0.461 e. The first-order valence-electron chi connectivity index (χ1n) is 12.8. The normalized spacial score (nSPS) is 44.6. The molecule has 10 atom stereocenters. The lowest BCUT2D eigenvalue weighted by Gasteiger charge is -2.67. The summed E-state index contributed by atoms with van der Waals surface area (Å²) in [4.78, 5) is 12.0. The van der Waals surface area contributed by atoms with E-state index in [1.807, 2.05) is 0 Å². The van der Waals surface area contributed by atoms with E-state index in [-0.39, 0.29) is 18.6 Å². The molecule has 4 rings (SSSR count). The smallest absolute Gasteiger partial charge is 0.327 e. The second-order valence-electron chi connectivity index (χ2n) is 11.6. The van der Waals surface area contributed by atoms with E-state index in [4.69, 9.17) is 10.3 Å². The van der Waals surface area contributed by atoms with Crippen LogP contribution in [0.3, 0.4) is 0 Å². The standard InChI is InChI=1S/C25H43N3O3/c1-15(5-4-10-29)22-13-23-21-11-16(2)20-12-17(31-24(30)14-27-28-26)6-7-18(20)19(21)8-9-25(22,23)3/h15-23,29H,4-14H2,1-3H3,(H2,26,27)/t15?,16-,17?,18?,19?,20-,21+,22?,23-,25?/m0/s1. The SMILES string of the molecule is CC(CCCO)C1C[C@H]2[C@@H]3C[C@H](C)[C@@H]4CC(OC(=O)CNN=N)CCC4C3CCC12C. The Morgan fingerprint density at radius 1 is 1.19 bits per heavy atom. The summed E-state index contributed by atoms with van der Waals surface area (Å²) in [5.74, 6) is 6.15. The predicted molar refractivity (Wildman–Crippen MR) is 119 cm³/mol. The molecule has 4 aliphatic rings. The number of ether oxygens (including phenoxy) is 1. The van der Waals surface area contributed by atoms with Crippen LogP contribution < -0.4 is 5.43 Å². The Morgan fingerprint density at radius 3 is 2.71 bits per heavy atom. The minimum absolute atomic E-state index is 0.00744. The molecule has 0 saturated heterocycles. The number of aliphatic hydroxyl groups is 1. The molecule has 0 heterocycles. The predicted octanol–water partition coefficient (Wildman–Crippen LogP) is 4.97. The van der Waals surface area contributed by atoms with Gasteiger partial charge in [-0.05, 0) is 111 Å². The molecule has 31 heavy (non-hydrogen) atoms. The molecule has 0 aliphatic heterocycles. The monoisotopic (exact) mass is 433 g/mol. The van der Waals surface area contributed by atoms with Gasteiger partial charge in [0.15, 0.2) is 0 Å². The second-order valence-corrected chi connectivity index (χ2v) is 11.6. The average molecular weight is 434 g/mol. The van der Waals surface area contributed by atoms with Crippen molar-refractivity contribution < 1.29 is 14.6 Å². The number of fused-ring (bicyclic) bond motifs is 5. The fraction of sp³-hybridized carbons (Fsp3) is 0.960. The van der Waals surface area contributed by atoms with E-state index in [0.717, 1.165) is 54.8 Å². The van der Waals surface area contributed by atoms with E-state index in [1.54, 1.807) is 0 Å². The Bertz CT molecular complexity index is 658. The van der Waals surface area contributed by atoms with Gasteiger partial charge in [0.2, 0.25) is 0 Å². The first kappa shape index (κ1) is 23.0. The van der Waals surface area contributed by atoms with Gasteiger partial charge in [0, 0.05) is 6.61 Å². The number of hydrogen-bond acceptors (Lipinski definition) is 5. The fourth-order valence-corrected chi connectivity index (χ4v) is 8.74. The van der Waals surface area contributed by atoms with E-state index in [1.165, 1.54) is 38.5 Å². The molecule has 6 nitrogen and oxygen atoms in total. The summed E-state index contributed by atoms with van der Waals surface area (Å²) >= 11 is 0. The first-order valence-corrected chi connectivity index (χ1v) is 12.8. The van der Waals surface area contributed by atoms with Crippen LogP contribution in [-0.2, 0) is 9.53 Å². The fourth-order valence-electron chi connectivity index (χ4n) is 8.74. The van der Waals surface area contributed by atoms with E-state index in [0.29, 0.717) is 23.9 Å². The third kappa shape index (κ3) is 4.26. The van der Waals surface area contributed by atoms with Gasteiger partial charge < -0.3 is 9.84 Å². The lowest BCUT2D eigenvalue weighted by atomic mass is 9.38. The van der Waals surface area contributed by atoms with Gasteiger partial charge in [-0.1, -0.05) is 26.0 Å². The third-order valence-corrected chi connectivity index (χ3v) is 10.2. The van der Waals surface area contributed by atoms with Crippen LogP contribution in [0.4, 0.5) is 0 Å². The van der Waals surface area contributed by atoms with Crippen molar-refractivity contribution in [3.8, 4) is 0 Å². The van der Waals surface area contributed by atoms with Crippen molar-refractivity contribution in [2.45, 2.75) is 84.7 Å². The number of esters is 1. The lowest BCUT2D eigenvalue weighted by Crippen LogP contribution is -2.60. The van der Waals surface area contributed by atoms with Gasteiger partial charge >= 0.3 is 5.97 Å². The zero-order chi connectivity index (χ0) is 22.2. The van der Waals surface area contributed by atoms with Crippen LogP contribution >= 0.6 is 0 Å². The molecular formula is C25H43N3O3. The minimum Gasteiger partial charge on any atom is -0.461 e. The van der Waals surface area contributed by atoms with Crippen molar-refractivity contribution in [3.63, 3.8) is 0 Å². The maximum absolute atomic E-state index is 12.0. The quantitative estimate of drug-likeness (QED) is 0.286. The Labute approximate surface area is 187 Å². The van der Waals surface area contributed by atoms with Gasteiger partial charge in [0.25, 0.3) is 0 Å². The number of nitrogens with one attached hydrogen (secondary N) is 2. The molecule has 0 amide bonds. The van der Waals surface area contributed by atoms with Crippen molar-refractivity contribution in [3.05, 3.63) is 0 Å². The van der Waals surface area contributed by atoms with Crippen molar-refractivity contribution in [2.75, 3.05) is 13.2 Å². The summed E-state index contributed by atoms with van der Waals surface area (Å²) in [6, 6.07) is 0. The average Bonchev–Trinajstić information content (AvgIpc) is 2.74. The second kappa shape index (κ2) is 9.36. The lowest BCUT2D eigenvalue weighted by molar-refractivity contribution is -0.187. The van der Waals surface area contributed by atoms with Gasteiger partial charge in [-0.2, -0.15) is 5.53 Å². The van der Waals surface area contributed by atoms with Gasteiger partial charge in [-0.25, -0.2) is 0 Å². The van der Waals surface area contributed by atoms with Gasteiger partial charge in [-0.15, -0.1) is 0 Å². The molecule has 4 fully saturated rings. The summed E-state index contributed by atoms with van der Waals surface area (Å²) in [7, 11) is 0.